The van der Waals surface area contributed by atoms with Crippen molar-refractivity contribution in [3.05, 3.63) is 44.8 Å². The molecule has 150 valence electrons. The molecule has 3 heterocycles. The number of hydrogen-bond acceptors (Lipinski definition) is 7. The minimum absolute atomic E-state index is 0.0309. The minimum atomic E-state index is -0.376. The monoisotopic (exact) mass is 419 g/mol. The fourth-order valence-corrected chi connectivity index (χ4v) is 4.93. The van der Waals surface area contributed by atoms with Crippen molar-refractivity contribution in [2.75, 3.05) is 13.7 Å². The molecule has 1 aromatic heterocycles. The third-order valence-corrected chi connectivity index (χ3v) is 6.30. The van der Waals surface area contributed by atoms with Gasteiger partial charge >= 0.3 is 5.97 Å². The predicted molar refractivity (Wildman–Crippen MR) is 114 cm³/mol. The summed E-state index contributed by atoms with van der Waals surface area (Å²) in [6.45, 7) is 6.75. The van der Waals surface area contributed by atoms with Crippen molar-refractivity contribution in [2.45, 2.75) is 39.7 Å². The maximum Gasteiger partial charge on any atom is 0.338 e. The van der Waals surface area contributed by atoms with E-state index in [1.807, 2.05) is 34.7 Å². The smallest absolute Gasteiger partial charge is 0.338 e. The van der Waals surface area contributed by atoms with Crippen molar-refractivity contribution in [1.82, 2.24) is 10.2 Å². The second-order valence-electron chi connectivity index (χ2n) is 6.99. The van der Waals surface area contributed by atoms with E-state index in [1.165, 1.54) is 18.9 Å². The molecule has 28 heavy (non-hydrogen) atoms. The van der Waals surface area contributed by atoms with Gasteiger partial charge in [0, 0.05) is 17.1 Å². The average Bonchev–Trinajstić information content (AvgIpc) is 3.34. The molecule has 0 aliphatic carbocycles. The number of nitrogens with one attached hydrogen (secondary N) is 1. The first kappa shape index (κ1) is 20.7. The topological polar surface area (TPSA) is 71.0 Å². The molecule has 0 saturated carbocycles. The highest BCUT2D eigenvalue weighted by atomic mass is 32.2. The van der Waals surface area contributed by atoms with Gasteiger partial charge in [0.05, 0.1) is 24.8 Å². The maximum atomic E-state index is 12.7. The van der Waals surface area contributed by atoms with Crippen LogP contribution in [-0.2, 0) is 14.3 Å². The number of carbonyl (C=O) groups excluding carboxylic acids is 2. The predicted octanol–water partition coefficient (Wildman–Crippen LogP) is 4.05. The summed E-state index contributed by atoms with van der Waals surface area (Å²) >= 11 is 3.08. The van der Waals surface area contributed by atoms with E-state index < -0.39 is 0 Å². The fraction of sp³-hybridized carbons (Fsp3) is 0.450. The molecule has 1 unspecified atom stereocenters. The zero-order valence-corrected chi connectivity index (χ0v) is 18.2. The number of thioether (sulfide) groups is 1. The molecular weight excluding hydrogens is 394 g/mol. The summed E-state index contributed by atoms with van der Waals surface area (Å²) in [7, 11) is 1.39. The van der Waals surface area contributed by atoms with Crippen LogP contribution in [-0.4, -0.2) is 35.6 Å². The van der Waals surface area contributed by atoms with Gasteiger partial charge in [0.1, 0.15) is 6.04 Å². The molecule has 1 amide bonds. The van der Waals surface area contributed by atoms with Crippen LogP contribution < -0.4 is 5.32 Å². The van der Waals surface area contributed by atoms with E-state index >= 15 is 0 Å². The van der Waals surface area contributed by atoms with E-state index in [0.717, 1.165) is 21.4 Å². The van der Waals surface area contributed by atoms with Gasteiger partial charge < -0.3 is 15.0 Å². The summed E-state index contributed by atoms with van der Waals surface area (Å²) in [6, 6.07) is 3.65. The third kappa shape index (κ3) is 4.17. The SMILES string of the molecule is CCC1=C(C(=O)OC)C(c2cccs2)N2C(CC(=O)NCC(C)C)=CSC2=N1. The van der Waals surface area contributed by atoms with Crippen LogP contribution in [0.1, 0.15) is 44.5 Å². The molecule has 0 bridgehead atoms. The number of hydrogen-bond donors (Lipinski definition) is 1. The number of methoxy groups -OCH3 is 1. The second-order valence-corrected chi connectivity index (χ2v) is 8.81. The number of ether oxygens (including phenoxy) is 1. The van der Waals surface area contributed by atoms with E-state index in [0.29, 0.717) is 24.5 Å². The van der Waals surface area contributed by atoms with Crippen LogP contribution in [0.3, 0.4) is 0 Å². The molecule has 0 saturated heterocycles. The van der Waals surface area contributed by atoms with Gasteiger partial charge in [0.25, 0.3) is 0 Å². The lowest BCUT2D eigenvalue weighted by atomic mass is 9.98. The van der Waals surface area contributed by atoms with Gasteiger partial charge in [0.15, 0.2) is 5.17 Å². The molecular formula is C20H25N3O3S2. The van der Waals surface area contributed by atoms with Crippen molar-refractivity contribution in [3.63, 3.8) is 0 Å². The van der Waals surface area contributed by atoms with E-state index in [1.54, 1.807) is 11.3 Å². The number of nitrogens with zero attached hydrogens (tertiary/aromatic N) is 2. The number of carbonyl (C=O) groups is 2. The zero-order chi connectivity index (χ0) is 20.3. The van der Waals surface area contributed by atoms with Gasteiger partial charge in [-0.15, -0.1) is 11.3 Å². The maximum absolute atomic E-state index is 12.7. The number of thiophene rings is 1. The van der Waals surface area contributed by atoms with Crippen LogP contribution in [0.2, 0.25) is 0 Å². The Labute approximate surface area is 173 Å². The van der Waals surface area contributed by atoms with Crippen LogP contribution in [0.5, 0.6) is 0 Å². The summed E-state index contributed by atoms with van der Waals surface area (Å²) in [5.74, 6) is -0.0157. The molecule has 6 nitrogen and oxygen atoms in total. The highest BCUT2D eigenvalue weighted by Gasteiger charge is 2.41. The Kier molecular flexibility index (Phi) is 6.61. The summed E-state index contributed by atoms with van der Waals surface area (Å²) in [6.07, 6.45) is 0.880. The van der Waals surface area contributed by atoms with E-state index in [-0.39, 0.29) is 24.3 Å². The number of esters is 1. The Hall–Kier alpha value is -2.06. The lowest BCUT2D eigenvalue weighted by molar-refractivity contribution is -0.136. The molecule has 1 aromatic rings. The van der Waals surface area contributed by atoms with Gasteiger partial charge in [-0.25, -0.2) is 9.79 Å². The van der Waals surface area contributed by atoms with Crippen LogP contribution in [0.15, 0.2) is 44.9 Å². The summed E-state index contributed by atoms with van der Waals surface area (Å²) < 4.78 is 5.09. The number of allylic oxidation sites excluding steroid dienone is 1. The van der Waals surface area contributed by atoms with Crippen LogP contribution in [0.4, 0.5) is 0 Å². The fourth-order valence-electron chi connectivity index (χ4n) is 3.17. The van der Waals surface area contributed by atoms with Crippen molar-refractivity contribution < 1.29 is 14.3 Å². The third-order valence-electron chi connectivity index (χ3n) is 4.49. The van der Waals surface area contributed by atoms with Gasteiger partial charge in [0.2, 0.25) is 5.91 Å². The Morgan fingerprint density at radius 2 is 2.18 bits per heavy atom. The molecule has 0 aromatic carbocycles. The summed E-state index contributed by atoms with van der Waals surface area (Å²) in [5, 5.41) is 7.71. The summed E-state index contributed by atoms with van der Waals surface area (Å²) in [4.78, 5) is 32.8. The van der Waals surface area contributed by atoms with E-state index in [4.69, 9.17) is 9.73 Å². The lowest BCUT2D eigenvalue weighted by Crippen LogP contribution is -2.38. The van der Waals surface area contributed by atoms with Gasteiger partial charge in [-0.1, -0.05) is 38.6 Å². The highest BCUT2D eigenvalue weighted by molar-refractivity contribution is 8.16. The Bertz CT molecular complexity index is 841. The molecule has 3 rings (SSSR count). The quantitative estimate of drug-likeness (QED) is 0.675. The van der Waals surface area contributed by atoms with Gasteiger partial charge in [-0.3, -0.25) is 4.79 Å². The van der Waals surface area contributed by atoms with Crippen LogP contribution in [0, 0.1) is 5.92 Å². The molecule has 8 heteroatoms. The van der Waals surface area contributed by atoms with Crippen molar-refractivity contribution in [3.8, 4) is 0 Å². The van der Waals surface area contributed by atoms with E-state index in [2.05, 4.69) is 19.2 Å². The standard InChI is InChI=1S/C20H25N3O3S2/c1-5-14-17(19(25)26-4)18(15-7-6-8-27-15)23-13(11-28-20(23)22-14)9-16(24)21-10-12(2)3/h6-8,11-12,18H,5,9-10H2,1-4H3,(H,21,24). The first-order valence-electron chi connectivity index (χ1n) is 9.31. The molecule has 1 N–H and O–H groups in total. The Morgan fingerprint density at radius 1 is 1.39 bits per heavy atom. The van der Waals surface area contributed by atoms with Crippen LogP contribution >= 0.6 is 23.1 Å². The molecule has 1 atom stereocenters. The zero-order valence-electron chi connectivity index (χ0n) is 16.5. The van der Waals surface area contributed by atoms with Crippen LogP contribution in [0.25, 0.3) is 0 Å². The number of amides is 1. The average molecular weight is 420 g/mol. The molecule has 0 spiro atoms. The second kappa shape index (κ2) is 8.96. The first-order chi connectivity index (χ1) is 13.5. The number of aliphatic imine (C=N–C) groups is 1. The minimum Gasteiger partial charge on any atom is -0.466 e. The largest absolute Gasteiger partial charge is 0.466 e. The lowest BCUT2D eigenvalue weighted by Gasteiger charge is -2.35. The molecule has 2 aliphatic heterocycles. The normalized spacial score (nSPS) is 18.8. The van der Waals surface area contributed by atoms with Gasteiger partial charge in [-0.05, 0) is 29.2 Å². The van der Waals surface area contributed by atoms with Gasteiger partial charge in [-0.2, -0.15) is 0 Å². The molecule has 2 aliphatic rings. The Morgan fingerprint density at radius 3 is 2.79 bits per heavy atom. The Balaban J connectivity index is 1.95. The van der Waals surface area contributed by atoms with Crippen molar-refractivity contribution in [1.29, 1.82) is 0 Å². The molecule has 0 fully saturated rings. The number of rotatable bonds is 7. The van der Waals surface area contributed by atoms with Crippen molar-refractivity contribution in [2.24, 2.45) is 10.9 Å². The highest BCUT2D eigenvalue weighted by Crippen LogP contribution is 2.46. The van der Waals surface area contributed by atoms with E-state index in [9.17, 15) is 9.59 Å². The first-order valence-corrected chi connectivity index (χ1v) is 11.1. The summed E-state index contributed by atoms with van der Waals surface area (Å²) in [5.41, 5.74) is 2.13. The number of amidine groups is 1. The molecule has 0 radical (unpaired) electrons. The van der Waals surface area contributed by atoms with Crippen molar-refractivity contribution >= 4 is 40.1 Å². The number of fused-ring (bicyclic) bond motifs is 1.